The van der Waals surface area contributed by atoms with E-state index in [1.165, 1.54) is 10.2 Å². The first-order valence-electron chi connectivity index (χ1n) is 7.78. The van der Waals surface area contributed by atoms with Crippen molar-refractivity contribution in [2.75, 3.05) is 0 Å². The Morgan fingerprint density at radius 3 is 2.48 bits per heavy atom. The minimum absolute atomic E-state index is 0.180. The van der Waals surface area contributed by atoms with E-state index in [-0.39, 0.29) is 11.3 Å². The first-order chi connectivity index (χ1) is 12.0. The fourth-order valence-electron chi connectivity index (χ4n) is 2.84. The van der Waals surface area contributed by atoms with Crippen LogP contribution in [0.15, 0.2) is 53.6 Å². The number of hydrogen-bond acceptors (Lipinski definition) is 4. The minimum Gasteiger partial charge on any atom is -0.303 e. The highest BCUT2D eigenvalue weighted by molar-refractivity contribution is 7.90. The van der Waals surface area contributed by atoms with Gasteiger partial charge in [-0.25, -0.2) is 12.4 Å². The van der Waals surface area contributed by atoms with E-state index in [0.29, 0.717) is 22.9 Å². The molecule has 0 saturated heterocycles. The molecule has 1 heterocycles. The zero-order valence-electron chi connectivity index (χ0n) is 13.6. The van der Waals surface area contributed by atoms with Gasteiger partial charge in [-0.05, 0) is 43.2 Å². The molecule has 0 aliphatic heterocycles. The maximum absolute atomic E-state index is 13.1. The molecule has 1 aromatic heterocycles. The maximum Gasteiger partial charge on any atom is 0.268 e. The zero-order valence-corrected chi connectivity index (χ0v) is 14.5. The van der Waals surface area contributed by atoms with Gasteiger partial charge in [0, 0.05) is 18.0 Å². The van der Waals surface area contributed by atoms with Gasteiger partial charge in [0.25, 0.3) is 10.0 Å². The van der Waals surface area contributed by atoms with Crippen molar-refractivity contribution in [1.29, 1.82) is 5.26 Å². The number of hydrogen-bond donors (Lipinski definition) is 0. The van der Waals surface area contributed by atoms with Crippen molar-refractivity contribution in [3.05, 3.63) is 65.4 Å². The van der Waals surface area contributed by atoms with Crippen molar-refractivity contribution in [3.8, 4) is 6.07 Å². The summed E-state index contributed by atoms with van der Waals surface area (Å²) >= 11 is 0. The van der Waals surface area contributed by atoms with Gasteiger partial charge in [0.1, 0.15) is 6.29 Å². The molecule has 25 heavy (non-hydrogen) atoms. The van der Waals surface area contributed by atoms with E-state index >= 15 is 0 Å². The van der Waals surface area contributed by atoms with Crippen molar-refractivity contribution in [1.82, 2.24) is 3.97 Å². The number of nitrogens with zero attached hydrogens (tertiary/aromatic N) is 2. The van der Waals surface area contributed by atoms with Crippen LogP contribution in [-0.2, 0) is 21.2 Å². The maximum atomic E-state index is 13.1. The van der Waals surface area contributed by atoms with E-state index < -0.39 is 10.0 Å². The summed E-state index contributed by atoms with van der Waals surface area (Å²) in [5.41, 5.74) is 2.56. The largest absolute Gasteiger partial charge is 0.303 e. The summed E-state index contributed by atoms with van der Waals surface area (Å²) in [6.07, 6.45) is 2.97. The molecule has 0 saturated carbocycles. The number of carbonyl (C=O) groups is 1. The van der Waals surface area contributed by atoms with Crippen LogP contribution in [-0.4, -0.2) is 18.7 Å². The Hall–Kier alpha value is -2.91. The van der Waals surface area contributed by atoms with Crippen LogP contribution in [0.4, 0.5) is 0 Å². The summed E-state index contributed by atoms with van der Waals surface area (Å²) in [5, 5.41) is 9.87. The number of aryl methyl sites for hydroxylation is 2. The molecule has 126 valence electrons. The number of aromatic nitrogens is 1. The highest BCUT2D eigenvalue weighted by Crippen LogP contribution is 2.28. The summed E-state index contributed by atoms with van der Waals surface area (Å²) in [6.45, 7) is 1.89. The molecule has 0 aliphatic carbocycles. The molecule has 0 amide bonds. The molecule has 0 bridgehead atoms. The number of rotatable bonds is 5. The first-order valence-corrected chi connectivity index (χ1v) is 9.22. The van der Waals surface area contributed by atoms with Crippen molar-refractivity contribution >= 4 is 27.2 Å². The fraction of sp³-hybridized carbons (Fsp3) is 0.158. The summed E-state index contributed by atoms with van der Waals surface area (Å²) < 4.78 is 27.3. The second-order valence-corrected chi connectivity index (χ2v) is 7.60. The van der Waals surface area contributed by atoms with Gasteiger partial charge in [0.2, 0.25) is 0 Å². The lowest BCUT2D eigenvalue weighted by Crippen LogP contribution is -2.13. The van der Waals surface area contributed by atoms with Crippen LogP contribution in [0.2, 0.25) is 0 Å². The normalized spacial score (nSPS) is 11.4. The fourth-order valence-corrected chi connectivity index (χ4v) is 4.22. The van der Waals surface area contributed by atoms with Crippen LogP contribution in [0.5, 0.6) is 0 Å². The third kappa shape index (κ3) is 2.94. The Kier molecular flexibility index (Phi) is 4.43. The number of fused-ring (bicyclic) bond motifs is 1. The Balaban J connectivity index is 2.27. The monoisotopic (exact) mass is 352 g/mol. The zero-order chi connectivity index (χ0) is 18.0. The summed E-state index contributed by atoms with van der Waals surface area (Å²) in [5.74, 6) is 0. The third-order valence-electron chi connectivity index (χ3n) is 4.13. The van der Waals surface area contributed by atoms with Crippen molar-refractivity contribution in [2.45, 2.75) is 24.7 Å². The SMILES string of the molecule is Cc1ccc(S(=O)(=O)n2ccc3c(C#N)ccc(CCC=O)c32)cc1. The van der Waals surface area contributed by atoms with Crippen LogP contribution in [0, 0.1) is 18.3 Å². The van der Waals surface area contributed by atoms with Crippen molar-refractivity contribution in [3.63, 3.8) is 0 Å². The van der Waals surface area contributed by atoms with Crippen LogP contribution >= 0.6 is 0 Å². The van der Waals surface area contributed by atoms with E-state index in [4.69, 9.17) is 0 Å². The molecule has 5 nitrogen and oxygen atoms in total. The molecular weight excluding hydrogens is 336 g/mol. The van der Waals surface area contributed by atoms with E-state index in [1.54, 1.807) is 42.5 Å². The van der Waals surface area contributed by atoms with Gasteiger partial charge in [0.15, 0.2) is 0 Å². The van der Waals surface area contributed by atoms with Gasteiger partial charge in [-0.2, -0.15) is 5.26 Å². The molecule has 0 fully saturated rings. The van der Waals surface area contributed by atoms with E-state index in [2.05, 4.69) is 6.07 Å². The molecule has 0 atom stereocenters. The number of aldehydes is 1. The Bertz CT molecular complexity index is 1090. The van der Waals surface area contributed by atoms with E-state index in [1.807, 2.05) is 6.92 Å². The molecule has 0 radical (unpaired) electrons. The average molecular weight is 352 g/mol. The van der Waals surface area contributed by atoms with Gasteiger partial charge in [-0.1, -0.05) is 23.8 Å². The molecule has 2 aromatic carbocycles. The van der Waals surface area contributed by atoms with Gasteiger partial charge < -0.3 is 4.79 Å². The minimum atomic E-state index is -3.79. The lowest BCUT2D eigenvalue weighted by atomic mass is 10.0. The van der Waals surface area contributed by atoms with E-state index in [9.17, 15) is 18.5 Å². The number of benzene rings is 2. The van der Waals surface area contributed by atoms with Crippen LogP contribution in [0.25, 0.3) is 10.9 Å². The second kappa shape index (κ2) is 6.54. The molecule has 6 heteroatoms. The third-order valence-corrected chi connectivity index (χ3v) is 5.82. The average Bonchev–Trinajstić information content (AvgIpc) is 3.06. The van der Waals surface area contributed by atoms with Gasteiger partial charge >= 0.3 is 0 Å². The topological polar surface area (TPSA) is 79.9 Å². The van der Waals surface area contributed by atoms with Gasteiger partial charge in [0.05, 0.1) is 22.0 Å². The van der Waals surface area contributed by atoms with E-state index in [0.717, 1.165) is 17.4 Å². The summed E-state index contributed by atoms with van der Waals surface area (Å²) in [6, 6.07) is 13.7. The standard InChI is InChI=1S/C19H16N2O3S/c1-14-4-8-17(9-5-14)25(23,24)21-11-10-18-16(13-20)7-6-15(19(18)21)3-2-12-22/h4-12H,2-3H2,1H3. The van der Waals surface area contributed by atoms with Gasteiger partial charge in [-0.15, -0.1) is 0 Å². The van der Waals surface area contributed by atoms with Gasteiger partial charge in [-0.3, -0.25) is 0 Å². The van der Waals surface area contributed by atoms with Crippen LogP contribution < -0.4 is 0 Å². The quantitative estimate of drug-likeness (QED) is 0.661. The summed E-state index contributed by atoms with van der Waals surface area (Å²) in [4.78, 5) is 10.9. The molecule has 3 rings (SSSR count). The van der Waals surface area contributed by atoms with Crippen LogP contribution in [0.1, 0.15) is 23.1 Å². The molecule has 0 aliphatic rings. The predicted molar refractivity (Wildman–Crippen MR) is 94.8 cm³/mol. The highest BCUT2D eigenvalue weighted by Gasteiger charge is 2.21. The molecular formula is C19H16N2O3S. The molecule has 0 spiro atoms. The second-order valence-electron chi connectivity index (χ2n) is 5.78. The smallest absolute Gasteiger partial charge is 0.268 e. The predicted octanol–water partition coefficient (Wildman–Crippen LogP) is 3.19. The Morgan fingerprint density at radius 1 is 1.12 bits per heavy atom. The molecule has 0 unspecified atom stereocenters. The van der Waals surface area contributed by atoms with Crippen molar-refractivity contribution < 1.29 is 13.2 Å². The lowest BCUT2D eigenvalue weighted by Gasteiger charge is -2.11. The Morgan fingerprint density at radius 2 is 1.84 bits per heavy atom. The highest BCUT2D eigenvalue weighted by atomic mass is 32.2. The molecule has 0 N–H and O–H groups in total. The lowest BCUT2D eigenvalue weighted by molar-refractivity contribution is -0.107. The number of carbonyl (C=O) groups excluding carboxylic acids is 1. The number of nitriles is 1. The van der Waals surface area contributed by atoms with Crippen molar-refractivity contribution in [2.24, 2.45) is 0 Å². The van der Waals surface area contributed by atoms with Crippen LogP contribution in [0.3, 0.4) is 0 Å². The first kappa shape index (κ1) is 16.9. The Labute approximate surface area is 146 Å². The molecule has 3 aromatic rings. The summed E-state index contributed by atoms with van der Waals surface area (Å²) in [7, 11) is -3.79.